The van der Waals surface area contributed by atoms with Crippen molar-refractivity contribution in [2.45, 2.75) is 57.4 Å². The Labute approximate surface area is 177 Å². The minimum Gasteiger partial charge on any atom is -0.352 e. The van der Waals surface area contributed by atoms with Gasteiger partial charge in [-0.05, 0) is 49.8 Å². The molecule has 9 heteroatoms. The smallest absolute Gasteiger partial charge is 0.352 e. The molecule has 0 aromatic heterocycles. The number of allylic oxidation sites excluding steroid dienone is 2. The van der Waals surface area contributed by atoms with Crippen molar-refractivity contribution >= 4 is 5.91 Å². The van der Waals surface area contributed by atoms with Gasteiger partial charge >= 0.3 is 12.4 Å². The van der Waals surface area contributed by atoms with Crippen molar-refractivity contribution in [1.82, 2.24) is 5.32 Å². The normalized spacial score (nSPS) is 23.2. The van der Waals surface area contributed by atoms with Crippen molar-refractivity contribution in [2.75, 3.05) is 6.54 Å². The van der Waals surface area contributed by atoms with E-state index in [0.717, 1.165) is 12.5 Å². The molecule has 172 valence electrons. The molecular formula is C22H26F6N2O. The summed E-state index contributed by atoms with van der Waals surface area (Å²) in [6.45, 7) is 0.338. The number of hydrogen-bond donors (Lipinski definition) is 2. The van der Waals surface area contributed by atoms with Crippen LogP contribution < -0.4 is 11.1 Å². The minimum atomic E-state index is -4.67. The number of carbonyl (C=O) groups excluding carboxylic acids is 1. The quantitative estimate of drug-likeness (QED) is 0.443. The van der Waals surface area contributed by atoms with Gasteiger partial charge in [-0.15, -0.1) is 0 Å². The Kier molecular flexibility index (Phi) is 7.97. The molecule has 2 unspecified atom stereocenters. The Bertz CT molecular complexity index is 814. The van der Waals surface area contributed by atoms with Gasteiger partial charge in [0.1, 0.15) is 0 Å². The Morgan fingerprint density at radius 3 is 2.35 bits per heavy atom. The van der Waals surface area contributed by atoms with Crippen LogP contribution in [0.1, 0.15) is 38.2 Å². The van der Waals surface area contributed by atoms with E-state index < -0.39 is 42.2 Å². The average Bonchev–Trinajstić information content (AvgIpc) is 3.04. The molecule has 1 aliphatic rings. The van der Waals surface area contributed by atoms with Crippen LogP contribution in [0.4, 0.5) is 26.3 Å². The lowest BCUT2D eigenvalue weighted by Gasteiger charge is -2.28. The zero-order chi connectivity index (χ0) is 23.3. The van der Waals surface area contributed by atoms with E-state index in [4.69, 9.17) is 5.73 Å². The summed E-state index contributed by atoms with van der Waals surface area (Å²) in [6, 6.07) is 9.04. The molecule has 1 fully saturated rings. The molecular weight excluding hydrogens is 422 g/mol. The van der Waals surface area contributed by atoms with Gasteiger partial charge in [0.05, 0.1) is 11.8 Å². The van der Waals surface area contributed by atoms with E-state index in [9.17, 15) is 31.1 Å². The van der Waals surface area contributed by atoms with Crippen LogP contribution in [0.15, 0.2) is 53.6 Å². The average molecular weight is 448 g/mol. The molecule has 1 amide bonds. The molecule has 0 spiro atoms. The van der Waals surface area contributed by atoms with Crippen molar-refractivity contribution < 1.29 is 31.1 Å². The Morgan fingerprint density at radius 1 is 1.19 bits per heavy atom. The lowest BCUT2D eigenvalue weighted by atomic mass is 9.78. The highest BCUT2D eigenvalue weighted by Crippen LogP contribution is 2.41. The number of rotatable bonds is 7. The van der Waals surface area contributed by atoms with Gasteiger partial charge in [0.15, 0.2) is 0 Å². The number of nitrogens with two attached hydrogens (primary N) is 1. The molecule has 0 aliphatic heterocycles. The molecule has 1 aromatic rings. The van der Waals surface area contributed by atoms with Crippen LogP contribution in [0.3, 0.4) is 0 Å². The lowest BCUT2D eigenvalue weighted by molar-refractivity contribution is -0.130. The van der Waals surface area contributed by atoms with Crippen LogP contribution in [0, 0.1) is 5.41 Å². The number of amides is 1. The number of benzene rings is 1. The van der Waals surface area contributed by atoms with Crippen LogP contribution in [0.2, 0.25) is 0 Å². The summed E-state index contributed by atoms with van der Waals surface area (Å²) >= 11 is 0. The van der Waals surface area contributed by atoms with Crippen molar-refractivity contribution in [3.8, 4) is 0 Å². The van der Waals surface area contributed by atoms with E-state index in [-0.39, 0.29) is 11.6 Å². The monoisotopic (exact) mass is 448 g/mol. The number of carbonyl (C=O) groups is 1. The van der Waals surface area contributed by atoms with Crippen molar-refractivity contribution in [2.24, 2.45) is 11.1 Å². The summed E-state index contributed by atoms with van der Waals surface area (Å²) in [4.78, 5) is 13.0. The summed E-state index contributed by atoms with van der Waals surface area (Å²) < 4.78 is 76.3. The highest BCUT2D eigenvalue weighted by Gasteiger charge is 2.44. The van der Waals surface area contributed by atoms with E-state index in [0.29, 0.717) is 37.8 Å². The zero-order valence-corrected chi connectivity index (χ0v) is 17.1. The fourth-order valence-corrected chi connectivity index (χ4v) is 3.76. The predicted molar refractivity (Wildman–Crippen MR) is 106 cm³/mol. The summed E-state index contributed by atoms with van der Waals surface area (Å²) in [5.74, 6) is -0.416. The number of hydrogen-bond acceptors (Lipinski definition) is 2. The number of nitrogens with one attached hydrogen (secondary N) is 1. The van der Waals surface area contributed by atoms with E-state index in [1.54, 1.807) is 0 Å². The molecule has 0 heterocycles. The lowest BCUT2D eigenvalue weighted by Crippen LogP contribution is -2.42. The maximum absolute atomic E-state index is 13.0. The van der Waals surface area contributed by atoms with Gasteiger partial charge in [0.2, 0.25) is 5.91 Å². The van der Waals surface area contributed by atoms with Crippen LogP contribution in [0.25, 0.3) is 0 Å². The van der Waals surface area contributed by atoms with Gasteiger partial charge in [-0.1, -0.05) is 36.4 Å². The minimum absolute atomic E-state index is 0.193. The predicted octanol–water partition coefficient (Wildman–Crippen LogP) is 5.23. The molecule has 2 rings (SSSR count). The molecule has 3 N–H and O–H groups in total. The molecule has 0 radical (unpaired) electrons. The van der Waals surface area contributed by atoms with E-state index in [1.165, 1.54) is 0 Å². The van der Waals surface area contributed by atoms with Gasteiger partial charge in [-0.25, -0.2) is 0 Å². The number of alkyl halides is 6. The zero-order valence-electron chi connectivity index (χ0n) is 17.1. The first-order valence-corrected chi connectivity index (χ1v) is 9.90. The van der Waals surface area contributed by atoms with Crippen molar-refractivity contribution in [1.29, 1.82) is 0 Å². The molecule has 31 heavy (non-hydrogen) atoms. The maximum Gasteiger partial charge on any atom is 0.412 e. The Balaban J connectivity index is 2.20. The highest BCUT2D eigenvalue weighted by molar-refractivity contribution is 5.83. The Hall–Kier alpha value is -2.29. The van der Waals surface area contributed by atoms with Crippen LogP contribution in [-0.2, 0) is 11.2 Å². The van der Waals surface area contributed by atoms with E-state index in [1.807, 2.05) is 30.3 Å². The van der Waals surface area contributed by atoms with Gasteiger partial charge < -0.3 is 11.1 Å². The molecule has 2 atom stereocenters. The molecule has 1 aromatic carbocycles. The first kappa shape index (κ1) is 25.0. The molecule has 0 bridgehead atoms. The maximum atomic E-state index is 13.0. The van der Waals surface area contributed by atoms with Crippen molar-refractivity contribution in [3.05, 3.63) is 59.2 Å². The van der Waals surface area contributed by atoms with Crippen LogP contribution in [0.5, 0.6) is 0 Å². The van der Waals surface area contributed by atoms with Crippen LogP contribution >= 0.6 is 0 Å². The second-order valence-corrected chi connectivity index (χ2v) is 8.05. The summed E-state index contributed by atoms with van der Waals surface area (Å²) in [5.41, 5.74) is 4.78. The molecule has 1 saturated carbocycles. The first-order valence-electron chi connectivity index (χ1n) is 9.90. The topological polar surface area (TPSA) is 55.1 Å². The van der Waals surface area contributed by atoms with Crippen LogP contribution in [-0.4, -0.2) is 30.8 Å². The van der Waals surface area contributed by atoms with Gasteiger partial charge in [-0.2, -0.15) is 26.3 Å². The fraction of sp³-hybridized carbons (Fsp3) is 0.500. The SMILES string of the molecule is C/C(=C\C(=C/CC(F)(F)F)CNC(=O)C1(Cc2ccccc2)CCC(N)C1)C(F)(F)F. The standard InChI is InChI=1S/C22H26F6N2O/c1-15(22(26,27)28)11-17(7-10-21(23,24)25)14-30-19(31)20(9-8-18(29)13-20)12-16-5-3-2-4-6-16/h2-7,11,18H,8-10,12-14,29H2,1H3,(H,30,31)/b15-11+,17-7+. The summed E-state index contributed by atoms with van der Waals surface area (Å²) in [5, 5.41) is 2.56. The summed E-state index contributed by atoms with van der Waals surface area (Å²) in [6.07, 6.45) is -7.43. The largest absolute Gasteiger partial charge is 0.412 e. The summed E-state index contributed by atoms with van der Waals surface area (Å²) in [7, 11) is 0. The van der Waals surface area contributed by atoms with Gasteiger partial charge in [0, 0.05) is 18.2 Å². The fourth-order valence-electron chi connectivity index (χ4n) is 3.76. The molecule has 0 saturated heterocycles. The third-order valence-electron chi connectivity index (χ3n) is 5.41. The third kappa shape index (κ3) is 7.72. The van der Waals surface area contributed by atoms with E-state index in [2.05, 4.69) is 5.32 Å². The van der Waals surface area contributed by atoms with Crippen molar-refractivity contribution in [3.63, 3.8) is 0 Å². The first-order chi connectivity index (χ1) is 14.3. The third-order valence-corrected chi connectivity index (χ3v) is 5.41. The Morgan fingerprint density at radius 2 is 1.84 bits per heavy atom. The number of halogens is 6. The second kappa shape index (κ2) is 9.89. The van der Waals surface area contributed by atoms with E-state index >= 15 is 0 Å². The molecule has 3 nitrogen and oxygen atoms in total. The highest BCUT2D eigenvalue weighted by atomic mass is 19.4. The molecule has 1 aliphatic carbocycles. The van der Waals surface area contributed by atoms with Gasteiger partial charge in [0.25, 0.3) is 0 Å². The second-order valence-electron chi connectivity index (χ2n) is 8.05. The van der Waals surface area contributed by atoms with Gasteiger partial charge in [-0.3, -0.25) is 4.79 Å².